The van der Waals surface area contributed by atoms with E-state index < -0.39 is 0 Å². The van der Waals surface area contributed by atoms with Crippen molar-refractivity contribution >= 4 is 56.7 Å². The number of nitrogens with zero attached hydrogens (tertiary/aromatic N) is 4. The molecular weight excluding hydrogens is 781 g/mol. The fourth-order valence-electron chi connectivity index (χ4n) is 10.8. The number of hydrogen-bond donors (Lipinski definition) is 0. The minimum atomic E-state index is -0.152. The van der Waals surface area contributed by atoms with Gasteiger partial charge >= 0.3 is 0 Å². The van der Waals surface area contributed by atoms with Crippen LogP contribution in [-0.4, -0.2) is 20.8 Å². The summed E-state index contributed by atoms with van der Waals surface area (Å²) in [5.41, 5.74) is 14.5. The number of hydrogen-bond acceptors (Lipinski definition) is 5. The topological polar surface area (TPSA) is 34.0 Å². The van der Waals surface area contributed by atoms with E-state index in [0.29, 0.717) is 0 Å². The average molecular weight is 827 g/mol. The van der Waals surface area contributed by atoms with E-state index >= 15 is 0 Å². The van der Waals surface area contributed by atoms with Crippen molar-refractivity contribution in [1.29, 1.82) is 0 Å². The van der Waals surface area contributed by atoms with Crippen LogP contribution in [0.15, 0.2) is 171 Å². The quantitative estimate of drug-likeness (QED) is 0.177. The van der Waals surface area contributed by atoms with E-state index in [1.807, 2.05) is 23.5 Å². The van der Waals surface area contributed by atoms with Gasteiger partial charge in [0.2, 0.25) is 0 Å². The third-order valence-electron chi connectivity index (χ3n) is 14.1. The standard InChI is InChI=1S/C55H46N4S2/c1-53(2)35-18-10-13-21-42(35)58(34-16-8-7-9-17-34)45-32-33(24-25-36(45)53)41-28-31-48(57-56-41)59-43-29-26-39-51(60-46-22-14-11-19-37(46)54(39,3)4)49(43)50-44(59)30-27-40-52(50)61-47-23-15-12-20-38(47)55(40,5)6/h7-16,18-32,34H,17H2,1-6H3. The Balaban J connectivity index is 1.04. The molecule has 61 heavy (non-hydrogen) atoms. The molecule has 0 N–H and O–H groups in total. The van der Waals surface area contributed by atoms with E-state index in [0.717, 1.165) is 34.5 Å². The first-order valence-corrected chi connectivity index (χ1v) is 23.1. The number of benzene rings is 6. The Morgan fingerprint density at radius 2 is 1.08 bits per heavy atom. The Morgan fingerprint density at radius 3 is 1.67 bits per heavy atom. The number of allylic oxidation sites excluding steroid dienone is 2. The molecular formula is C55H46N4S2. The van der Waals surface area contributed by atoms with Crippen LogP contribution in [0.1, 0.15) is 81.3 Å². The zero-order valence-corrected chi connectivity index (χ0v) is 37.0. The first kappa shape index (κ1) is 37.0. The first-order valence-electron chi connectivity index (χ1n) is 21.4. The molecule has 0 spiro atoms. The second kappa shape index (κ2) is 13.1. The summed E-state index contributed by atoms with van der Waals surface area (Å²) in [5.74, 6) is 0.818. The Labute approximate surface area is 366 Å². The zero-order chi connectivity index (χ0) is 41.4. The maximum Gasteiger partial charge on any atom is 0.160 e. The molecule has 12 rings (SSSR count). The van der Waals surface area contributed by atoms with E-state index in [9.17, 15) is 0 Å². The molecule has 6 aromatic carbocycles. The summed E-state index contributed by atoms with van der Waals surface area (Å²) in [6, 6.07) is 47.7. The van der Waals surface area contributed by atoms with Gasteiger partial charge in [-0.05, 0) is 88.3 Å². The average Bonchev–Trinajstić information content (AvgIpc) is 3.62. The van der Waals surface area contributed by atoms with Gasteiger partial charge in [-0.25, -0.2) is 0 Å². The van der Waals surface area contributed by atoms with Crippen molar-refractivity contribution in [3.05, 3.63) is 185 Å². The highest BCUT2D eigenvalue weighted by Gasteiger charge is 2.40. The third kappa shape index (κ3) is 5.22. The molecule has 1 aliphatic carbocycles. The Morgan fingerprint density at radius 1 is 0.525 bits per heavy atom. The van der Waals surface area contributed by atoms with Crippen LogP contribution < -0.4 is 4.90 Å². The fraction of sp³-hybridized carbons (Fsp3) is 0.200. The molecule has 1 atom stereocenters. The highest BCUT2D eigenvalue weighted by molar-refractivity contribution is 8.00. The minimum absolute atomic E-state index is 0.148. The maximum absolute atomic E-state index is 5.10. The van der Waals surface area contributed by atoms with Crippen LogP contribution in [0.5, 0.6) is 0 Å². The molecule has 0 fully saturated rings. The van der Waals surface area contributed by atoms with Crippen LogP contribution in [0, 0.1) is 0 Å². The molecule has 2 aromatic heterocycles. The van der Waals surface area contributed by atoms with Gasteiger partial charge in [0.1, 0.15) is 0 Å². The summed E-state index contributed by atoms with van der Waals surface area (Å²) >= 11 is 3.84. The van der Waals surface area contributed by atoms with Crippen molar-refractivity contribution in [2.75, 3.05) is 4.90 Å². The van der Waals surface area contributed by atoms with Gasteiger partial charge in [-0.1, -0.05) is 168 Å². The van der Waals surface area contributed by atoms with Gasteiger partial charge in [-0.15, -0.1) is 10.2 Å². The number of fused-ring (bicyclic) bond motifs is 11. The smallest absolute Gasteiger partial charge is 0.160 e. The van der Waals surface area contributed by atoms with Gasteiger partial charge in [-0.2, -0.15) is 0 Å². The Hall–Kier alpha value is -5.82. The van der Waals surface area contributed by atoms with Crippen LogP contribution in [0.2, 0.25) is 0 Å². The maximum atomic E-state index is 5.10. The van der Waals surface area contributed by atoms with E-state index in [4.69, 9.17) is 10.2 Å². The monoisotopic (exact) mass is 826 g/mol. The summed E-state index contributed by atoms with van der Waals surface area (Å²) in [4.78, 5) is 7.87. The number of rotatable bonds is 3. The summed E-state index contributed by atoms with van der Waals surface area (Å²) in [5, 5.41) is 12.7. The lowest BCUT2D eigenvalue weighted by Gasteiger charge is -2.45. The lowest BCUT2D eigenvalue weighted by atomic mass is 9.73. The van der Waals surface area contributed by atoms with E-state index in [1.165, 1.54) is 75.1 Å². The molecule has 3 aliphatic heterocycles. The normalized spacial score (nSPS) is 18.5. The van der Waals surface area contributed by atoms with Crippen molar-refractivity contribution in [3.63, 3.8) is 0 Å². The second-order valence-electron chi connectivity index (χ2n) is 18.6. The summed E-state index contributed by atoms with van der Waals surface area (Å²) in [7, 11) is 0. The van der Waals surface area contributed by atoms with Crippen molar-refractivity contribution < 1.29 is 0 Å². The number of para-hydroxylation sites is 1. The largest absolute Gasteiger partial charge is 0.334 e. The van der Waals surface area contributed by atoms with Gasteiger partial charge in [0.15, 0.2) is 5.82 Å². The van der Waals surface area contributed by atoms with E-state index in [-0.39, 0.29) is 22.3 Å². The molecule has 6 heteroatoms. The molecule has 298 valence electrons. The minimum Gasteiger partial charge on any atom is -0.334 e. The van der Waals surface area contributed by atoms with Gasteiger partial charge < -0.3 is 4.90 Å². The molecule has 0 amide bonds. The van der Waals surface area contributed by atoms with Crippen LogP contribution in [0.25, 0.3) is 38.9 Å². The van der Waals surface area contributed by atoms with Crippen molar-refractivity contribution in [1.82, 2.24) is 14.8 Å². The van der Waals surface area contributed by atoms with Crippen LogP contribution in [-0.2, 0) is 16.2 Å². The van der Waals surface area contributed by atoms with Gasteiger partial charge in [0.05, 0.1) is 22.8 Å². The molecule has 0 bridgehead atoms. The predicted octanol–water partition coefficient (Wildman–Crippen LogP) is 14.5. The highest BCUT2D eigenvalue weighted by Crippen LogP contribution is 2.58. The summed E-state index contributed by atoms with van der Waals surface area (Å²) in [6.45, 7) is 14.2. The lowest BCUT2D eigenvalue weighted by molar-refractivity contribution is 0.608. The fourth-order valence-corrected chi connectivity index (χ4v) is 13.9. The van der Waals surface area contributed by atoms with Gasteiger partial charge in [-0.3, -0.25) is 4.57 Å². The van der Waals surface area contributed by atoms with Crippen LogP contribution >= 0.6 is 23.5 Å². The SMILES string of the molecule is CC1(C)c2ccccc2N(C2C=CC=CC2)c2cc(-c3ccc(-n4c5ccc6c(c5c5c7c(ccc54)C(C)(C)c4ccccc4S7)Sc4ccccc4C6(C)C)nn3)ccc21. The van der Waals surface area contributed by atoms with Crippen LogP contribution in [0.3, 0.4) is 0 Å². The lowest BCUT2D eigenvalue weighted by Crippen LogP contribution is -2.38. The second-order valence-corrected chi connectivity index (χ2v) is 20.7. The molecule has 0 radical (unpaired) electrons. The van der Waals surface area contributed by atoms with Crippen molar-refractivity contribution in [2.24, 2.45) is 0 Å². The summed E-state index contributed by atoms with van der Waals surface area (Å²) < 4.78 is 2.36. The zero-order valence-electron chi connectivity index (χ0n) is 35.3. The first-order chi connectivity index (χ1) is 29.5. The van der Waals surface area contributed by atoms with Gasteiger partial charge in [0.25, 0.3) is 0 Å². The third-order valence-corrected chi connectivity index (χ3v) is 16.5. The van der Waals surface area contributed by atoms with Crippen LogP contribution in [0.4, 0.5) is 11.4 Å². The molecule has 0 saturated carbocycles. The predicted molar refractivity (Wildman–Crippen MR) is 255 cm³/mol. The number of aromatic nitrogens is 3. The van der Waals surface area contributed by atoms with Gasteiger partial charge in [0, 0.05) is 63.5 Å². The molecule has 8 aromatic rings. The molecule has 1 unspecified atom stereocenters. The molecule has 0 saturated heterocycles. The highest BCUT2D eigenvalue weighted by atomic mass is 32.2. The molecule has 5 heterocycles. The van der Waals surface area contributed by atoms with Crippen molar-refractivity contribution in [2.45, 2.75) is 89.8 Å². The van der Waals surface area contributed by atoms with E-state index in [1.54, 1.807) is 0 Å². The van der Waals surface area contributed by atoms with Crippen molar-refractivity contribution in [3.8, 4) is 17.1 Å². The molecule has 4 nitrogen and oxygen atoms in total. The molecule has 4 aliphatic rings. The Bertz CT molecular complexity index is 3100. The number of anilines is 2. The van der Waals surface area contributed by atoms with E-state index in [2.05, 4.69) is 203 Å². The summed E-state index contributed by atoms with van der Waals surface area (Å²) in [6.07, 6.45) is 9.90. The Kier molecular flexibility index (Phi) is 7.94.